The van der Waals surface area contributed by atoms with Crippen LogP contribution < -0.4 is 4.74 Å². The highest BCUT2D eigenvalue weighted by molar-refractivity contribution is 5.94. The van der Waals surface area contributed by atoms with Crippen LogP contribution in [-0.2, 0) is 0 Å². The van der Waals surface area contributed by atoms with Crippen molar-refractivity contribution < 1.29 is 9.53 Å². The summed E-state index contributed by atoms with van der Waals surface area (Å²) >= 11 is 0. The predicted octanol–water partition coefficient (Wildman–Crippen LogP) is 4.72. The second-order valence-electron chi connectivity index (χ2n) is 7.02. The molecule has 0 radical (unpaired) electrons. The molecule has 2 aromatic rings. The van der Waals surface area contributed by atoms with Gasteiger partial charge in [0.1, 0.15) is 5.75 Å². The van der Waals surface area contributed by atoms with E-state index in [1.54, 1.807) is 7.11 Å². The number of likely N-dealkylation sites (tertiary alicyclic amines) is 1. The van der Waals surface area contributed by atoms with Crippen LogP contribution in [0.1, 0.15) is 52.2 Å². The number of aryl methyl sites for hydroxylation is 2. The van der Waals surface area contributed by atoms with E-state index < -0.39 is 0 Å². The van der Waals surface area contributed by atoms with Crippen LogP contribution in [0.2, 0.25) is 0 Å². The highest BCUT2D eigenvalue weighted by Crippen LogP contribution is 2.28. The summed E-state index contributed by atoms with van der Waals surface area (Å²) in [5.74, 6) is 1.42. The number of methoxy groups -OCH3 is 1. The molecule has 0 aliphatic carbocycles. The van der Waals surface area contributed by atoms with Crippen molar-refractivity contribution in [3.8, 4) is 5.75 Å². The van der Waals surface area contributed by atoms with E-state index >= 15 is 0 Å². The first kappa shape index (κ1) is 17.5. The molecule has 1 saturated heterocycles. The van der Waals surface area contributed by atoms with Crippen LogP contribution in [0.5, 0.6) is 5.75 Å². The molecule has 1 fully saturated rings. The molecule has 132 valence electrons. The molecule has 0 saturated carbocycles. The van der Waals surface area contributed by atoms with Gasteiger partial charge >= 0.3 is 0 Å². The lowest BCUT2D eigenvalue weighted by Gasteiger charge is -2.25. The van der Waals surface area contributed by atoms with Gasteiger partial charge in [0.15, 0.2) is 0 Å². The van der Waals surface area contributed by atoms with Crippen molar-refractivity contribution in [2.45, 2.75) is 39.0 Å². The largest absolute Gasteiger partial charge is 0.497 e. The number of hydrogen-bond acceptors (Lipinski definition) is 2. The Morgan fingerprint density at radius 2 is 1.80 bits per heavy atom. The fourth-order valence-electron chi connectivity index (χ4n) is 3.53. The van der Waals surface area contributed by atoms with E-state index in [0.717, 1.165) is 43.7 Å². The summed E-state index contributed by atoms with van der Waals surface area (Å²) in [6.07, 6.45) is 3.36. The highest BCUT2D eigenvalue weighted by Gasteiger charge is 2.24. The van der Waals surface area contributed by atoms with Gasteiger partial charge in [0.25, 0.3) is 5.91 Å². The third-order valence-electron chi connectivity index (χ3n) is 5.30. The second kappa shape index (κ2) is 7.73. The molecular weight excluding hydrogens is 310 g/mol. The highest BCUT2D eigenvalue weighted by atomic mass is 16.5. The fraction of sp³-hybridized carbons (Fsp3) is 0.409. The van der Waals surface area contributed by atoms with Gasteiger partial charge in [-0.25, -0.2) is 0 Å². The first-order valence-electron chi connectivity index (χ1n) is 9.09. The van der Waals surface area contributed by atoms with Crippen LogP contribution in [0, 0.1) is 13.8 Å². The Hall–Kier alpha value is -2.29. The van der Waals surface area contributed by atoms with Crippen LogP contribution in [0.4, 0.5) is 0 Å². The Bertz CT molecular complexity index is 736. The number of benzene rings is 2. The SMILES string of the molecule is COc1ccc([C@@H]2CCCCN(C(=O)c3ccc(C)c(C)c3)C2)cc1. The Morgan fingerprint density at radius 1 is 1.04 bits per heavy atom. The predicted molar refractivity (Wildman–Crippen MR) is 101 cm³/mol. The molecule has 3 nitrogen and oxygen atoms in total. The number of carbonyl (C=O) groups excluding carboxylic acids is 1. The van der Waals surface area contributed by atoms with E-state index in [1.807, 2.05) is 35.2 Å². The Morgan fingerprint density at radius 3 is 2.48 bits per heavy atom. The molecule has 3 heteroatoms. The third kappa shape index (κ3) is 4.04. The first-order valence-corrected chi connectivity index (χ1v) is 9.09. The van der Waals surface area contributed by atoms with Crippen LogP contribution in [0.15, 0.2) is 42.5 Å². The smallest absolute Gasteiger partial charge is 0.253 e. The minimum atomic E-state index is 0.156. The van der Waals surface area contributed by atoms with Crippen LogP contribution in [0.25, 0.3) is 0 Å². The van der Waals surface area contributed by atoms with Crippen LogP contribution >= 0.6 is 0 Å². The number of amides is 1. The number of ether oxygens (including phenoxy) is 1. The summed E-state index contributed by atoms with van der Waals surface area (Å²) < 4.78 is 5.25. The molecule has 1 amide bonds. The molecule has 1 aliphatic rings. The average Bonchev–Trinajstić information content (AvgIpc) is 2.90. The van der Waals surface area contributed by atoms with E-state index in [2.05, 4.69) is 26.0 Å². The zero-order valence-electron chi connectivity index (χ0n) is 15.4. The zero-order valence-corrected chi connectivity index (χ0v) is 15.4. The second-order valence-corrected chi connectivity index (χ2v) is 7.02. The Labute approximate surface area is 150 Å². The molecule has 0 unspecified atom stereocenters. The first-order chi connectivity index (χ1) is 12.1. The molecule has 25 heavy (non-hydrogen) atoms. The van der Waals surface area contributed by atoms with E-state index in [4.69, 9.17) is 4.74 Å². The summed E-state index contributed by atoms with van der Waals surface area (Å²) in [6.45, 7) is 5.78. The van der Waals surface area contributed by atoms with Gasteiger partial charge < -0.3 is 9.64 Å². The summed E-state index contributed by atoms with van der Waals surface area (Å²) in [4.78, 5) is 15.0. The lowest BCUT2D eigenvalue weighted by Crippen LogP contribution is -2.34. The molecule has 3 rings (SSSR count). The van der Waals surface area contributed by atoms with Crippen molar-refractivity contribution in [3.05, 3.63) is 64.7 Å². The van der Waals surface area contributed by atoms with Crippen molar-refractivity contribution in [2.24, 2.45) is 0 Å². The Balaban J connectivity index is 1.78. The van der Waals surface area contributed by atoms with Crippen molar-refractivity contribution in [1.82, 2.24) is 4.90 Å². The van der Waals surface area contributed by atoms with Crippen LogP contribution in [0.3, 0.4) is 0 Å². The maximum Gasteiger partial charge on any atom is 0.253 e. The number of rotatable bonds is 3. The van der Waals surface area contributed by atoms with Crippen molar-refractivity contribution in [2.75, 3.05) is 20.2 Å². The van der Waals surface area contributed by atoms with Gasteiger partial charge in [0.2, 0.25) is 0 Å². The van der Waals surface area contributed by atoms with Gasteiger partial charge in [0.05, 0.1) is 7.11 Å². The third-order valence-corrected chi connectivity index (χ3v) is 5.30. The van der Waals surface area contributed by atoms with Gasteiger partial charge in [-0.3, -0.25) is 4.79 Å². The summed E-state index contributed by atoms with van der Waals surface area (Å²) in [6, 6.07) is 14.3. The molecule has 1 heterocycles. The summed E-state index contributed by atoms with van der Waals surface area (Å²) in [5.41, 5.74) is 4.50. The van der Waals surface area contributed by atoms with E-state index in [9.17, 15) is 4.79 Å². The van der Waals surface area contributed by atoms with Gasteiger partial charge in [-0.15, -0.1) is 0 Å². The van der Waals surface area contributed by atoms with E-state index in [0.29, 0.717) is 5.92 Å². The fourth-order valence-corrected chi connectivity index (χ4v) is 3.53. The maximum absolute atomic E-state index is 13.0. The van der Waals surface area contributed by atoms with Gasteiger partial charge in [0, 0.05) is 24.6 Å². The van der Waals surface area contributed by atoms with Gasteiger partial charge in [-0.05, 0) is 67.6 Å². The van der Waals surface area contributed by atoms with Crippen molar-refractivity contribution in [1.29, 1.82) is 0 Å². The average molecular weight is 337 g/mol. The lowest BCUT2D eigenvalue weighted by molar-refractivity contribution is 0.0754. The number of carbonyl (C=O) groups is 1. The minimum absolute atomic E-state index is 0.156. The molecular formula is C22H27NO2. The molecule has 2 aromatic carbocycles. The summed E-state index contributed by atoms with van der Waals surface area (Å²) in [7, 11) is 1.69. The Kier molecular flexibility index (Phi) is 5.42. The molecule has 0 N–H and O–H groups in total. The monoisotopic (exact) mass is 337 g/mol. The van der Waals surface area contributed by atoms with Gasteiger partial charge in [-0.1, -0.05) is 24.6 Å². The van der Waals surface area contributed by atoms with Crippen molar-refractivity contribution in [3.63, 3.8) is 0 Å². The van der Waals surface area contributed by atoms with Gasteiger partial charge in [-0.2, -0.15) is 0 Å². The van der Waals surface area contributed by atoms with E-state index in [1.165, 1.54) is 16.7 Å². The summed E-state index contributed by atoms with van der Waals surface area (Å²) in [5, 5.41) is 0. The van der Waals surface area contributed by atoms with E-state index in [-0.39, 0.29) is 5.91 Å². The topological polar surface area (TPSA) is 29.5 Å². The molecule has 0 bridgehead atoms. The quantitative estimate of drug-likeness (QED) is 0.811. The maximum atomic E-state index is 13.0. The minimum Gasteiger partial charge on any atom is -0.497 e. The normalized spacial score (nSPS) is 17.9. The van der Waals surface area contributed by atoms with Crippen LogP contribution in [-0.4, -0.2) is 31.0 Å². The molecule has 1 aliphatic heterocycles. The molecule has 0 aromatic heterocycles. The number of nitrogens with zero attached hydrogens (tertiary/aromatic N) is 1. The van der Waals surface area contributed by atoms with Crippen molar-refractivity contribution >= 4 is 5.91 Å². The zero-order chi connectivity index (χ0) is 17.8. The molecule has 0 spiro atoms. The molecule has 1 atom stereocenters. The standard InChI is InChI=1S/C22H27NO2/c1-16-7-8-19(14-17(16)2)22(24)23-13-5-4-6-20(15-23)18-9-11-21(25-3)12-10-18/h7-12,14,20H,4-6,13,15H2,1-3H3/t20-/m1/s1. The lowest BCUT2D eigenvalue weighted by atomic mass is 9.94. The number of hydrogen-bond donors (Lipinski definition) is 0.